The van der Waals surface area contributed by atoms with E-state index in [1.165, 1.54) is 47.5 Å². The standard InChI is InChI=1S/C10H13F.C7H6FNO.C7H8.2C2H6/c1-3-8(2)9-4-6-10(11)7-5-9;8-6-3-1-5(2-4-6)7(9)10;1-7-5-3-2-4-6-7;2*1-2/h4-8H,3H2,1-2H3;1-4H,(H2,9,10);2-6H,1H3;2*1-2H3. The molecular formula is C28H39F2NO. The molecule has 2 N–H and O–H groups in total. The number of carbonyl (C=O) groups excluding carboxylic acids is 1. The van der Waals surface area contributed by atoms with Gasteiger partial charge in [0.1, 0.15) is 11.6 Å². The summed E-state index contributed by atoms with van der Waals surface area (Å²) in [5.74, 6) is -0.530. The maximum absolute atomic E-state index is 12.5. The number of hydrogen-bond acceptors (Lipinski definition) is 1. The highest BCUT2D eigenvalue weighted by Gasteiger charge is 2.01. The number of benzene rings is 3. The van der Waals surface area contributed by atoms with Gasteiger partial charge in [0.2, 0.25) is 5.91 Å². The number of halogens is 2. The lowest BCUT2D eigenvalue weighted by atomic mass is 9.99. The van der Waals surface area contributed by atoms with Crippen LogP contribution in [-0.2, 0) is 0 Å². The van der Waals surface area contributed by atoms with E-state index in [-0.39, 0.29) is 11.6 Å². The van der Waals surface area contributed by atoms with E-state index < -0.39 is 5.91 Å². The molecule has 3 aromatic rings. The van der Waals surface area contributed by atoms with Gasteiger partial charge in [0, 0.05) is 5.56 Å². The van der Waals surface area contributed by atoms with Gasteiger partial charge in [-0.25, -0.2) is 8.78 Å². The van der Waals surface area contributed by atoms with Crippen LogP contribution >= 0.6 is 0 Å². The Kier molecular flexibility index (Phi) is 19.4. The molecule has 0 aliphatic rings. The molecule has 1 unspecified atom stereocenters. The van der Waals surface area contributed by atoms with E-state index in [1.54, 1.807) is 0 Å². The Morgan fingerprint density at radius 2 is 1.19 bits per heavy atom. The molecule has 3 rings (SSSR count). The van der Waals surface area contributed by atoms with Crippen molar-refractivity contribution in [1.29, 1.82) is 0 Å². The molecule has 0 spiro atoms. The van der Waals surface area contributed by atoms with Gasteiger partial charge in [0.15, 0.2) is 0 Å². The lowest BCUT2D eigenvalue weighted by molar-refractivity contribution is 0.1000. The zero-order valence-corrected chi connectivity index (χ0v) is 20.5. The maximum Gasteiger partial charge on any atom is 0.248 e. The average molecular weight is 444 g/mol. The van der Waals surface area contributed by atoms with Crippen molar-refractivity contribution in [2.45, 2.75) is 60.8 Å². The van der Waals surface area contributed by atoms with Crippen LogP contribution in [0.4, 0.5) is 8.78 Å². The molecule has 0 saturated heterocycles. The van der Waals surface area contributed by atoms with Gasteiger partial charge < -0.3 is 5.73 Å². The predicted octanol–water partition coefficient (Wildman–Crippen LogP) is 8.31. The van der Waals surface area contributed by atoms with Crippen molar-refractivity contribution in [2.24, 2.45) is 5.73 Å². The average Bonchev–Trinajstić information content (AvgIpc) is 2.83. The summed E-state index contributed by atoms with van der Waals surface area (Å²) < 4.78 is 24.7. The lowest BCUT2D eigenvalue weighted by Crippen LogP contribution is -2.10. The summed E-state index contributed by atoms with van der Waals surface area (Å²) in [6.07, 6.45) is 1.10. The second kappa shape index (κ2) is 19.9. The van der Waals surface area contributed by atoms with Crippen molar-refractivity contribution < 1.29 is 13.6 Å². The number of amides is 1. The molecule has 1 amide bonds. The Morgan fingerprint density at radius 3 is 1.50 bits per heavy atom. The van der Waals surface area contributed by atoms with E-state index in [4.69, 9.17) is 5.73 Å². The Bertz CT molecular complexity index is 816. The largest absolute Gasteiger partial charge is 0.366 e. The monoisotopic (exact) mass is 443 g/mol. The van der Waals surface area contributed by atoms with Crippen molar-refractivity contribution in [3.8, 4) is 0 Å². The van der Waals surface area contributed by atoms with E-state index >= 15 is 0 Å². The van der Waals surface area contributed by atoms with Crippen LogP contribution in [0, 0.1) is 18.6 Å². The van der Waals surface area contributed by atoms with Crippen LogP contribution in [0.15, 0.2) is 78.9 Å². The molecular weight excluding hydrogens is 404 g/mol. The molecule has 0 aromatic heterocycles. The van der Waals surface area contributed by atoms with Crippen LogP contribution < -0.4 is 5.73 Å². The molecule has 2 nitrogen and oxygen atoms in total. The van der Waals surface area contributed by atoms with Crippen molar-refractivity contribution in [1.82, 2.24) is 0 Å². The maximum atomic E-state index is 12.5. The van der Waals surface area contributed by atoms with Crippen LogP contribution in [-0.4, -0.2) is 5.91 Å². The van der Waals surface area contributed by atoms with Crippen molar-refractivity contribution in [3.63, 3.8) is 0 Å². The molecule has 1 atom stereocenters. The number of nitrogens with two attached hydrogens (primary N) is 1. The number of primary amides is 1. The molecule has 0 heterocycles. The van der Waals surface area contributed by atoms with Gasteiger partial charge >= 0.3 is 0 Å². The van der Waals surface area contributed by atoms with Crippen molar-refractivity contribution in [3.05, 3.63) is 107 Å². The minimum atomic E-state index is -0.542. The third-order valence-electron chi connectivity index (χ3n) is 4.12. The topological polar surface area (TPSA) is 43.1 Å². The molecule has 32 heavy (non-hydrogen) atoms. The second-order valence-corrected chi connectivity index (χ2v) is 6.39. The fourth-order valence-electron chi connectivity index (χ4n) is 2.18. The van der Waals surface area contributed by atoms with Gasteiger partial charge in [-0.3, -0.25) is 4.79 Å². The molecule has 0 radical (unpaired) electrons. The Balaban J connectivity index is 0. The normalized spacial score (nSPS) is 9.66. The first-order valence-corrected chi connectivity index (χ1v) is 11.2. The smallest absolute Gasteiger partial charge is 0.248 e. The molecule has 3 aromatic carbocycles. The summed E-state index contributed by atoms with van der Waals surface area (Å²) in [4.78, 5) is 10.4. The first-order valence-electron chi connectivity index (χ1n) is 11.2. The Morgan fingerprint density at radius 1 is 0.781 bits per heavy atom. The van der Waals surface area contributed by atoms with E-state index in [0.717, 1.165) is 6.42 Å². The lowest BCUT2D eigenvalue weighted by Gasteiger charge is -2.07. The highest BCUT2D eigenvalue weighted by atomic mass is 19.1. The van der Waals surface area contributed by atoms with E-state index in [9.17, 15) is 13.6 Å². The van der Waals surface area contributed by atoms with Gasteiger partial charge in [-0.05, 0) is 61.2 Å². The van der Waals surface area contributed by atoms with Gasteiger partial charge in [-0.1, -0.05) is 89.6 Å². The van der Waals surface area contributed by atoms with Gasteiger partial charge in [-0.2, -0.15) is 0 Å². The molecule has 4 heteroatoms. The molecule has 0 aliphatic carbocycles. The number of rotatable bonds is 3. The summed E-state index contributed by atoms with van der Waals surface area (Å²) in [5, 5.41) is 0. The Hall–Kier alpha value is -3.01. The van der Waals surface area contributed by atoms with Crippen molar-refractivity contribution in [2.75, 3.05) is 0 Å². The van der Waals surface area contributed by atoms with Crippen LogP contribution in [0.1, 0.15) is 75.4 Å². The summed E-state index contributed by atoms with van der Waals surface area (Å²) in [5.41, 5.74) is 7.76. The first kappa shape index (κ1) is 31.2. The first-order chi connectivity index (χ1) is 15.3. The number of hydrogen-bond donors (Lipinski definition) is 1. The molecule has 0 aliphatic heterocycles. The molecule has 176 valence electrons. The summed E-state index contributed by atoms with van der Waals surface area (Å²) in [7, 11) is 0. The third-order valence-corrected chi connectivity index (χ3v) is 4.12. The van der Waals surface area contributed by atoms with Crippen LogP contribution in [0.3, 0.4) is 0 Å². The van der Waals surface area contributed by atoms with Crippen LogP contribution in [0.5, 0.6) is 0 Å². The Labute approximate surface area is 193 Å². The van der Waals surface area contributed by atoms with E-state index in [2.05, 4.69) is 32.9 Å². The number of carbonyl (C=O) groups is 1. The molecule has 0 bridgehead atoms. The molecule has 0 fully saturated rings. The van der Waals surface area contributed by atoms with Gasteiger partial charge in [0.05, 0.1) is 0 Å². The quantitative estimate of drug-likeness (QED) is 0.434. The van der Waals surface area contributed by atoms with Crippen molar-refractivity contribution >= 4 is 5.91 Å². The zero-order chi connectivity index (χ0) is 24.9. The summed E-state index contributed by atoms with van der Waals surface area (Å²) >= 11 is 0. The predicted molar refractivity (Wildman–Crippen MR) is 134 cm³/mol. The molecule has 0 saturated carbocycles. The van der Waals surface area contributed by atoms with Gasteiger partial charge in [0.25, 0.3) is 0 Å². The van der Waals surface area contributed by atoms with Gasteiger partial charge in [-0.15, -0.1) is 0 Å². The fraction of sp³-hybridized carbons (Fsp3) is 0.321. The van der Waals surface area contributed by atoms with E-state index in [1.807, 2.05) is 58.0 Å². The third kappa shape index (κ3) is 14.9. The summed E-state index contributed by atoms with van der Waals surface area (Å²) in [6, 6.07) is 22.1. The minimum absolute atomic E-state index is 0.156. The fourth-order valence-corrected chi connectivity index (χ4v) is 2.18. The van der Waals surface area contributed by atoms with Crippen LogP contribution in [0.2, 0.25) is 0 Å². The highest BCUT2D eigenvalue weighted by Crippen LogP contribution is 2.18. The summed E-state index contributed by atoms with van der Waals surface area (Å²) in [6.45, 7) is 14.4. The SMILES string of the molecule is CC.CC.CCC(C)c1ccc(F)cc1.Cc1ccccc1.NC(=O)c1ccc(F)cc1. The second-order valence-electron chi connectivity index (χ2n) is 6.39. The highest BCUT2D eigenvalue weighted by molar-refractivity contribution is 5.92. The van der Waals surface area contributed by atoms with E-state index in [0.29, 0.717) is 11.5 Å². The number of aryl methyl sites for hydroxylation is 1. The van der Waals surface area contributed by atoms with Crippen LogP contribution in [0.25, 0.3) is 0 Å². The zero-order valence-electron chi connectivity index (χ0n) is 20.5. The minimum Gasteiger partial charge on any atom is -0.366 e.